The van der Waals surface area contributed by atoms with Crippen LogP contribution in [0.3, 0.4) is 0 Å². The smallest absolute Gasteiger partial charge is 0.251 e. The molecule has 1 saturated heterocycles. The number of hydrogen-bond acceptors (Lipinski definition) is 3. The lowest BCUT2D eigenvalue weighted by Gasteiger charge is -2.33. The van der Waals surface area contributed by atoms with Crippen molar-refractivity contribution < 1.29 is 14.3 Å². The molecule has 134 valence electrons. The van der Waals surface area contributed by atoms with Crippen LogP contribution in [0.15, 0.2) is 18.2 Å². The van der Waals surface area contributed by atoms with Gasteiger partial charge in [0.2, 0.25) is 0 Å². The Morgan fingerprint density at radius 3 is 2.50 bits per heavy atom. The number of carbonyl (C=O) groups is 1. The van der Waals surface area contributed by atoms with Crippen molar-refractivity contribution in [3.05, 3.63) is 29.6 Å². The van der Waals surface area contributed by atoms with E-state index in [9.17, 15) is 14.3 Å². The van der Waals surface area contributed by atoms with Gasteiger partial charge < -0.3 is 15.3 Å². The maximum Gasteiger partial charge on any atom is 0.251 e. The molecule has 2 N–H and O–H groups in total. The summed E-state index contributed by atoms with van der Waals surface area (Å²) in [5.41, 5.74) is 0.433. The highest BCUT2D eigenvalue weighted by Crippen LogP contribution is 2.26. The fourth-order valence-electron chi connectivity index (χ4n) is 3.28. The van der Waals surface area contributed by atoms with Gasteiger partial charge in [-0.15, -0.1) is 0 Å². The summed E-state index contributed by atoms with van der Waals surface area (Å²) in [5, 5.41) is 13.0. The molecule has 0 aromatic heterocycles. The van der Waals surface area contributed by atoms with Crippen molar-refractivity contribution in [1.82, 2.24) is 5.32 Å². The molecule has 2 rings (SSSR count). The number of rotatable bonds is 6. The van der Waals surface area contributed by atoms with Gasteiger partial charge in [0.1, 0.15) is 5.82 Å². The number of hydrogen-bond donors (Lipinski definition) is 2. The molecule has 0 saturated carbocycles. The third-order valence-electron chi connectivity index (χ3n) is 4.79. The lowest BCUT2D eigenvalue weighted by Crippen LogP contribution is -2.43. The molecule has 1 atom stereocenters. The van der Waals surface area contributed by atoms with Crippen molar-refractivity contribution >= 4 is 11.6 Å². The van der Waals surface area contributed by atoms with Crippen LogP contribution in [0.1, 0.15) is 50.9 Å². The van der Waals surface area contributed by atoms with Crippen LogP contribution in [0.2, 0.25) is 0 Å². The minimum Gasteiger partial charge on any atom is -0.392 e. The standard InChI is InChI=1S/C19H29FN2O2/c1-13(2)17(23)19(3,4)12-21-18(24)14-7-8-16(15(20)11-14)22-9-5-6-10-22/h7-8,11,13,17,23H,5-6,9-10,12H2,1-4H3,(H,21,24). The van der Waals surface area contributed by atoms with E-state index in [1.165, 1.54) is 6.07 Å². The maximum absolute atomic E-state index is 14.3. The number of amides is 1. The number of carbonyl (C=O) groups excluding carboxylic acids is 1. The van der Waals surface area contributed by atoms with Crippen LogP contribution < -0.4 is 10.2 Å². The summed E-state index contributed by atoms with van der Waals surface area (Å²) in [5.74, 6) is -0.564. The number of nitrogens with zero attached hydrogens (tertiary/aromatic N) is 1. The Labute approximate surface area is 144 Å². The minimum atomic E-state index is -0.521. The van der Waals surface area contributed by atoms with Crippen molar-refractivity contribution in [2.24, 2.45) is 11.3 Å². The molecule has 1 amide bonds. The summed E-state index contributed by atoms with van der Waals surface area (Å²) < 4.78 is 14.3. The molecule has 4 nitrogen and oxygen atoms in total. The van der Waals surface area contributed by atoms with E-state index in [-0.39, 0.29) is 17.6 Å². The average Bonchev–Trinajstić information content (AvgIpc) is 3.05. The van der Waals surface area contributed by atoms with Gasteiger partial charge in [-0.1, -0.05) is 27.7 Å². The molecule has 0 radical (unpaired) electrons. The molecule has 1 unspecified atom stereocenters. The Bertz CT molecular complexity index is 581. The Morgan fingerprint density at radius 2 is 1.96 bits per heavy atom. The first-order valence-electron chi connectivity index (χ1n) is 8.73. The summed E-state index contributed by atoms with van der Waals surface area (Å²) in [6.45, 7) is 9.78. The van der Waals surface area contributed by atoms with E-state index in [1.807, 2.05) is 32.6 Å². The van der Waals surface area contributed by atoms with Gasteiger partial charge in [0.15, 0.2) is 0 Å². The van der Waals surface area contributed by atoms with E-state index in [4.69, 9.17) is 0 Å². The zero-order chi connectivity index (χ0) is 17.9. The Balaban J connectivity index is 2.01. The molecule has 1 heterocycles. The van der Waals surface area contributed by atoms with Crippen LogP contribution in [0.25, 0.3) is 0 Å². The van der Waals surface area contributed by atoms with Gasteiger partial charge in [0.25, 0.3) is 5.91 Å². The van der Waals surface area contributed by atoms with Crippen LogP contribution >= 0.6 is 0 Å². The molecule has 0 aliphatic carbocycles. The number of nitrogens with one attached hydrogen (secondary N) is 1. The van der Waals surface area contributed by atoms with E-state index in [0.29, 0.717) is 17.8 Å². The quantitative estimate of drug-likeness (QED) is 0.839. The van der Waals surface area contributed by atoms with Crippen LogP contribution in [-0.4, -0.2) is 36.8 Å². The Morgan fingerprint density at radius 1 is 1.33 bits per heavy atom. The van der Waals surface area contributed by atoms with Crippen molar-refractivity contribution in [3.8, 4) is 0 Å². The van der Waals surface area contributed by atoms with Crippen molar-refractivity contribution in [3.63, 3.8) is 0 Å². The molecule has 1 aliphatic rings. The molecule has 1 fully saturated rings. The van der Waals surface area contributed by atoms with E-state index in [2.05, 4.69) is 5.32 Å². The lowest BCUT2D eigenvalue weighted by molar-refractivity contribution is 0.0138. The van der Waals surface area contributed by atoms with Crippen molar-refractivity contribution in [1.29, 1.82) is 0 Å². The molecular formula is C19H29FN2O2. The highest BCUT2D eigenvalue weighted by atomic mass is 19.1. The zero-order valence-electron chi connectivity index (χ0n) is 15.1. The number of aliphatic hydroxyl groups is 1. The monoisotopic (exact) mass is 336 g/mol. The fraction of sp³-hybridized carbons (Fsp3) is 0.632. The number of benzene rings is 1. The molecule has 1 aliphatic heterocycles. The summed E-state index contributed by atoms with van der Waals surface area (Å²) in [4.78, 5) is 14.3. The number of halogens is 1. The molecule has 24 heavy (non-hydrogen) atoms. The predicted octanol–water partition coefficient (Wildman–Crippen LogP) is 3.20. The van der Waals surface area contributed by atoms with E-state index < -0.39 is 11.5 Å². The van der Waals surface area contributed by atoms with Crippen molar-refractivity contribution in [2.45, 2.75) is 46.6 Å². The fourth-order valence-corrected chi connectivity index (χ4v) is 3.28. The first kappa shape index (κ1) is 18.7. The van der Waals surface area contributed by atoms with E-state index in [1.54, 1.807) is 12.1 Å². The summed E-state index contributed by atoms with van der Waals surface area (Å²) in [6.07, 6.45) is 1.64. The van der Waals surface area contributed by atoms with Gasteiger partial charge in [-0.2, -0.15) is 0 Å². The summed E-state index contributed by atoms with van der Waals surface area (Å²) in [7, 11) is 0. The van der Waals surface area contributed by atoms with Crippen molar-refractivity contribution in [2.75, 3.05) is 24.5 Å². The van der Waals surface area contributed by atoms with E-state index in [0.717, 1.165) is 25.9 Å². The SMILES string of the molecule is CC(C)C(O)C(C)(C)CNC(=O)c1ccc(N2CCCC2)c(F)c1. The van der Waals surface area contributed by atoms with Crippen LogP contribution in [0.4, 0.5) is 10.1 Å². The number of anilines is 1. The van der Waals surface area contributed by atoms with E-state index >= 15 is 0 Å². The lowest BCUT2D eigenvalue weighted by atomic mass is 9.80. The van der Waals surface area contributed by atoms with Gasteiger partial charge in [-0.25, -0.2) is 4.39 Å². The second-order valence-corrected chi connectivity index (χ2v) is 7.72. The van der Waals surface area contributed by atoms with Gasteiger partial charge in [0, 0.05) is 30.6 Å². The van der Waals surface area contributed by atoms with Crippen LogP contribution in [0, 0.1) is 17.2 Å². The van der Waals surface area contributed by atoms with Crippen LogP contribution in [0.5, 0.6) is 0 Å². The molecule has 0 bridgehead atoms. The molecule has 1 aromatic carbocycles. The number of aliphatic hydroxyl groups excluding tert-OH is 1. The second kappa shape index (κ2) is 7.51. The predicted molar refractivity (Wildman–Crippen MR) is 94.8 cm³/mol. The second-order valence-electron chi connectivity index (χ2n) is 7.72. The molecule has 1 aromatic rings. The van der Waals surface area contributed by atoms with Crippen LogP contribution in [-0.2, 0) is 0 Å². The first-order chi connectivity index (χ1) is 11.2. The molecule has 5 heteroatoms. The summed E-state index contributed by atoms with van der Waals surface area (Å²) in [6, 6.07) is 4.65. The first-order valence-corrected chi connectivity index (χ1v) is 8.73. The third kappa shape index (κ3) is 4.26. The highest BCUT2D eigenvalue weighted by Gasteiger charge is 2.30. The van der Waals surface area contributed by atoms with Gasteiger partial charge in [-0.3, -0.25) is 4.79 Å². The normalized spacial score (nSPS) is 16.5. The minimum absolute atomic E-state index is 0.106. The van der Waals surface area contributed by atoms with Gasteiger partial charge in [0.05, 0.1) is 11.8 Å². The van der Waals surface area contributed by atoms with Gasteiger partial charge >= 0.3 is 0 Å². The van der Waals surface area contributed by atoms with Gasteiger partial charge in [-0.05, 0) is 37.0 Å². The zero-order valence-corrected chi connectivity index (χ0v) is 15.1. The summed E-state index contributed by atoms with van der Waals surface area (Å²) >= 11 is 0. The average molecular weight is 336 g/mol. The molecule has 0 spiro atoms. The largest absolute Gasteiger partial charge is 0.392 e. The molecular weight excluding hydrogens is 307 g/mol. The highest BCUT2D eigenvalue weighted by molar-refractivity contribution is 5.94. The topological polar surface area (TPSA) is 52.6 Å². The maximum atomic E-state index is 14.3. The Hall–Kier alpha value is -1.62. The third-order valence-corrected chi connectivity index (χ3v) is 4.79. The Kier molecular flexibility index (Phi) is 5.86.